The van der Waals surface area contributed by atoms with Crippen molar-refractivity contribution in [1.29, 1.82) is 0 Å². The second-order valence-electron chi connectivity index (χ2n) is 7.74. The van der Waals surface area contributed by atoms with E-state index < -0.39 is 10.0 Å². The first-order chi connectivity index (χ1) is 14.0. The van der Waals surface area contributed by atoms with Crippen molar-refractivity contribution in [3.05, 3.63) is 60.2 Å². The number of carbonyl (C=O) groups excluding carboxylic acids is 1. The highest BCUT2D eigenvalue weighted by atomic mass is 32.2. The zero-order valence-electron chi connectivity index (χ0n) is 16.7. The number of sulfonamides is 1. The van der Waals surface area contributed by atoms with Crippen LogP contribution in [-0.2, 0) is 21.2 Å². The van der Waals surface area contributed by atoms with E-state index in [9.17, 15) is 13.2 Å². The molecule has 1 fully saturated rings. The van der Waals surface area contributed by atoms with E-state index in [1.807, 2.05) is 12.1 Å². The normalized spacial score (nSPS) is 20.4. The summed E-state index contributed by atoms with van der Waals surface area (Å²) in [4.78, 5) is 17.2. The maximum atomic E-state index is 13.0. The molecular weight excluding hydrogens is 386 g/mol. The molecule has 0 radical (unpaired) electrons. The Labute approximate surface area is 172 Å². The number of benzene rings is 2. The van der Waals surface area contributed by atoms with Crippen molar-refractivity contribution in [3.8, 4) is 0 Å². The van der Waals surface area contributed by atoms with Crippen molar-refractivity contribution in [2.75, 3.05) is 37.6 Å². The van der Waals surface area contributed by atoms with Gasteiger partial charge in [-0.3, -0.25) is 4.79 Å². The third kappa shape index (κ3) is 4.02. The van der Waals surface area contributed by atoms with Gasteiger partial charge in [0.15, 0.2) is 0 Å². The predicted molar refractivity (Wildman–Crippen MR) is 113 cm³/mol. The molecule has 2 aromatic rings. The van der Waals surface area contributed by atoms with Crippen LogP contribution in [0.2, 0.25) is 0 Å². The number of nitrogens with zero attached hydrogens (tertiary/aromatic N) is 3. The number of fused-ring (bicyclic) bond motifs is 1. The largest absolute Gasteiger partial charge is 0.359 e. The SMILES string of the molecule is C[C@@H]1CCc2ccccc2N1CC(=O)N1CCN(S(=O)(=O)c2ccccc2)CC1. The second-order valence-corrected chi connectivity index (χ2v) is 9.68. The Bertz CT molecular complexity index is 970. The molecule has 0 aromatic heterocycles. The Morgan fingerprint density at radius 1 is 0.966 bits per heavy atom. The summed E-state index contributed by atoms with van der Waals surface area (Å²) in [5.74, 6) is 0.0605. The van der Waals surface area contributed by atoms with Crippen LogP contribution >= 0.6 is 0 Å². The minimum absolute atomic E-state index is 0.0605. The molecule has 4 rings (SSSR count). The van der Waals surface area contributed by atoms with Crippen LogP contribution in [0.3, 0.4) is 0 Å². The van der Waals surface area contributed by atoms with Gasteiger partial charge in [0.25, 0.3) is 0 Å². The molecule has 0 N–H and O–H groups in total. The Kier molecular flexibility index (Phi) is 5.61. The van der Waals surface area contributed by atoms with Crippen molar-refractivity contribution in [2.45, 2.75) is 30.7 Å². The molecule has 1 saturated heterocycles. The zero-order chi connectivity index (χ0) is 20.4. The van der Waals surface area contributed by atoms with Crippen LogP contribution in [0, 0.1) is 0 Å². The van der Waals surface area contributed by atoms with Gasteiger partial charge in [-0.1, -0.05) is 36.4 Å². The average Bonchev–Trinajstić information content (AvgIpc) is 2.76. The van der Waals surface area contributed by atoms with Crippen LogP contribution in [0.15, 0.2) is 59.5 Å². The van der Waals surface area contributed by atoms with Gasteiger partial charge in [-0.15, -0.1) is 0 Å². The maximum absolute atomic E-state index is 13.0. The van der Waals surface area contributed by atoms with Gasteiger partial charge in [0, 0.05) is 37.9 Å². The molecule has 6 nitrogen and oxygen atoms in total. The Morgan fingerprint density at radius 3 is 2.34 bits per heavy atom. The topological polar surface area (TPSA) is 60.9 Å². The summed E-state index contributed by atoms with van der Waals surface area (Å²) in [5, 5.41) is 0. The summed E-state index contributed by atoms with van der Waals surface area (Å²) in [7, 11) is -3.50. The molecule has 0 spiro atoms. The van der Waals surface area contributed by atoms with Gasteiger partial charge in [-0.05, 0) is 43.5 Å². The summed E-state index contributed by atoms with van der Waals surface area (Å²) in [6.45, 7) is 4.00. The molecule has 0 aliphatic carbocycles. The summed E-state index contributed by atoms with van der Waals surface area (Å²) < 4.78 is 27.0. The fourth-order valence-electron chi connectivity index (χ4n) is 4.17. The number of piperazine rings is 1. The first kappa shape index (κ1) is 19.9. The molecule has 7 heteroatoms. The lowest BCUT2D eigenvalue weighted by molar-refractivity contribution is -0.131. The maximum Gasteiger partial charge on any atom is 0.243 e. The summed E-state index contributed by atoms with van der Waals surface area (Å²) in [5.41, 5.74) is 2.43. The van der Waals surface area contributed by atoms with Gasteiger partial charge in [-0.25, -0.2) is 8.42 Å². The highest BCUT2D eigenvalue weighted by Gasteiger charge is 2.32. The van der Waals surface area contributed by atoms with Gasteiger partial charge in [0.1, 0.15) is 0 Å². The molecule has 29 heavy (non-hydrogen) atoms. The van der Waals surface area contributed by atoms with E-state index in [1.54, 1.807) is 35.2 Å². The van der Waals surface area contributed by atoms with Crippen molar-refractivity contribution in [3.63, 3.8) is 0 Å². The smallest absolute Gasteiger partial charge is 0.243 e. The van der Waals surface area contributed by atoms with Gasteiger partial charge in [0.05, 0.1) is 11.4 Å². The fraction of sp³-hybridized carbons (Fsp3) is 0.409. The van der Waals surface area contributed by atoms with Crippen LogP contribution in [0.1, 0.15) is 18.9 Å². The molecule has 2 aromatic carbocycles. The lowest BCUT2D eigenvalue weighted by Gasteiger charge is -2.39. The first-order valence-electron chi connectivity index (χ1n) is 10.1. The third-order valence-electron chi connectivity index (χ3n) is 5.94. The van der Waals surface area contributed by atoms with Gasteiger partial charge >= 0.3 is 0 Å². The van der Waals surface area contributed by atoms with E-state index in [4.69, 9.17) is 0 Å². The number of hydrogen-bond acceptors (Lipinski definition) is 4. The molecule has 0 bridgehead atoms. The van der Waals surface area contributed by atoms with Gasteiger partial charge in [0.2, 0.25) is 15.9 Å². The highest BCUT2D eigenvalue weighted by Crippen LogP contribution is 2.30. The standard InChI is InChI=1S/C22H27N3O3S/c1-18-11-12-19-7-5-6-10-21(19)25(18)17-22(26)23-13-15-24(16-14-23)29(27,28)20-8-3-2-4-9-20/h2-10,18H,11-17H2,1H3/t18-/m1/s1. The zero-order valence-corrected chi connectivity index (χ0v) is 17.5. The van der Waals surface area contributed by atoms with Crippen molar-refractivity contribution < 1.29 is 13.2 Å². The second kappa shape index (κ2) is 8.16. The lowest BCUT2D eigenvalue weighted by atomic mass is 9.96. The molecule has 0 unspecified atom stereocenters. The van der Waals surface area contributed by atoms with Crippen molar-refractivity contribution in [2.24, 2.45) is 0 Å². The summed E-state index contributed by atoms with van der Waals surface area (Å²) in [6.07, 6.45) is 2.07. The van der Waals surface area contributed by atoms with E-state index in [1.165, 1.54) is 9.87 Å². The third-order valence-corrected chi connectivity index (χ3v) is 7.86. The number of amides is 1. The van der Waals surface area contributed by atoms with E-state index in [0.717, 1.165) is 18.5 Å². The summed E-state index contributed by atoms with van der Waals surface area (Å²) >= 11 is 0. The van der Waals surface area contributed by atoms with Crippen LogP contribution in [0.25, 0.3) is 0 Å². The predicted octanol–water partition coefficient (Wildman–Crippen LogP) is 2.36. The van der Waals surface area contributed by atoms with Crippen LogP contribution in [0.4, 0.5) is 5.69 Å². The van der Waals surface area contributed by atoms with Crippen molar-refractivity contribution >= 4 is 21.6 Å². The quantitative estimate of drug-likeness (QED) is 0.772. The molecule has 2 aliphatic rings. The number of aryl methyl sites for hydroxylation is 1. The number of anilines is 1. The Hall–Kier alpha value is -2.38. The fourth-order valence-corrected chi connectivity index (χ4v) is 5.61. The average molecular weight is 414 g/mol. The van der Waals surface area contributed by atoms with E-state index in [0.29, 0.717) is 43.7 Å². The number of rotatable bonds is 4. The van der Waals surface area contributed by atoms with Gasteiger partial charge in [-0.2, -0.15) is 4.31 Å². The number of hydrogen-bond donors (Lipinski definition) is 0. The Balaban J connectivity index is 1.40. The monoisotopic (exact) mass is 413 g/mol. The summed E-state index contributed by atoms with van der Waals surface area (Å²) in [6, 6.07) is 17.1. The van der Waals surface area contributed by atoms with Crippen LogP contribution in [0.5, 0.6) is 0 Å². The molecule has 1 amide bonds. The van der Waals surface area contributed by atoms with E-state index in [2.05, 4.69) is 24.0 Å². The minimum Gasteiger partial charge on any atom is -0.359 e. The van der Waals surface area contributed by atoms with E-state index in [-0.39, 0.29) is 5.91 Å². The molecule has 0 saturated carbocycles. The molecule has 1 atom stereocenters. The van der Waals surface area contributed by atoms with Crippen LogP contribution in [-0.4, -0.2) is 62.3 Å². The number of carbonyl (C=O) groups is 1. The van der Waals surface area contributed by atoms with Crippen molar-refractivity contribution in [1.82, 2.24) is 9.21 Å². The molecule has 2 aliphatic heterocycles. The first-order valence-corrected chi connectivity index (χ1v) is 11.6. The lowest BCUT2D eigenvalue weighted by Crippen LogP contribution is -2.53. The highest BCUT2D eigenvalue weighted by molar-refractivity contribution is 7.89. The molecular formula is C22H27N3O3S. The minimum atomic E-state index is -3.50. The van der Waals surface area contributed by atoms with Gasteiger partial charge < -0.3 is 9.80 Å². The molecule has 154 valence electrons. The van der Waals surface area contributed by atoms with E-state index >= 15 is 0 Å². The molecule has 2 heterocycles. The number of para-hydroxylation sites is 1. The Morgan fingerprint density at radius 2 is 1.62 bits per heavy atom. The van der Waals surface area contributed by atoms with Crippen LogP contribution < -0.4 is 4.90 Å².